The zero-order valence-corrected chi connectivity index (χ0v) is 21.3. The number of aromatic amines is 1. The van der Waals surface area contributed by atoms with Crippen molar-refractivity contribution in [3.63, 3.8) is 0 Å². The predicted molar refractivity (Wildman–Crippen MR) is 143 cm³/mol. The number of halogens is 3. The molecule has 2 N–H and O–H groups in total. The first-order valence-corrected chi connectivity index (χ1v) is 12.7. The standard InChI is InChI=1S/C29H27F3N6O/c1-2-37-11-13-38(14-12-37)19-24-6-5-21(16-25(24)29(30,31)32)28(39)36-26-15-20(7-9-34-26)3-4-22-17-33-18-23-8-10-35-27(22)23/h5-10,15-18,35H,2,11-14,19H2,1H3,(H,34,36,39). The SMILES string of the molecule is CCN1CCN(Cc2ccc(C(=O)Nc3cc(C#Cc4cncc5cc[nH]c45)ccn3)cc2C(F)(F)F)CC1. The first-order valence-electron chi connectivity index (χ1n) is 12.7. The molecule has 39 heavy (non-hydrogen) atoms. The van der Waals surface area contributed by atoms with Gasteiger partial charge in [0.2, 0.25) is 0 Å². The minimum absolute atomic E-state index is 0.0929. The number of hydrogen-bond acceptors (Lipinski definition) is 5. The van der Waals surface area contributed by atoms with Crippen molar-refractivity contribution >= 4 is 22.6 Å². The van der Waals surface area contributed by atoms with Crippen LogP contribution in [-0.2, 0) is 12.7 Å². The maximum Gasteiger partial charge on any atom is 0.416 e. The number of piperazine rings is 1. The van der Waals surface area contributed by atoms with E-state index in [1.54, 1.807) is 24.5 Å². The summed E-state index contributed by atoms with van der Waals surface area (Å²) >= 11 is 0. The highest BCUT2D eigenvalue weighted by Crippen LogP contribution is 2.33. The van der Waals surface area contributed by atoms with Gasteiger partial charge in [-0.25, -0.2) is 4.98 Å². The van der Waals surface area contributed by atoms with E-state index in [-0.39, 0.29) is 23.5 Å². The maximum atomic E-state index is 14.0. The van der Waals surface area contributed by atoms with Crippen LogP contribution >= 0.6 is 0 Å². The average Bonchev–Trinajstić information content (AvgIpc) is 3.42. The molecule has 200 valence electrons. The fourth-order valence-corrected chi connectivity index (χ4v) is 4.60. The van der Waals surface area contributed by atoms with Crippen LogP contribution in [0, 0.1) is 11.8 Å². The molecule has 5 rings (SSSR count). The third-order valence-corrected chi connectivity index (χ3v) is 6.79. The van der Waals surface area contributed by atoms with E-state index in [0.717, 1.165) is 36.6 Å². The molecular weight excluding hydrogens is 505 g/mol. The number of benzene rings is 1. The summed E-state index contributed by atoms with van der Waals surface area (Å²) in [6.45, 7) is 6.24. The molecule has 1 aromatic carbocycles. The van der Waals surface area contributed by atoms with Crippen molar-refractivity contribution in [2.24, 2.45) is 0 Å². The lowest BCUT2D eigenvalue weighted by molar-refractivity contribution is -0.138. The number of anilines is 1. The minimum Gasteiger partial charge on any atom is -0.360 e. The van der Waals surface area contributed by atoms with E-state index in [9.17, 15) is 18.0 Å². The Balaban J connectivity index is 1.31. The fraction of sp³-hybridized carbons (Fsp3) is 0.276. The van der Waals surface area contributed by atoms with Gasteiger partial charge in [0.1, 0.15) is 5.82 Å². The van der Waals surface area contributed by atoms with Crippen LogP contribution < -0.4 is 5.32 Å². The van der Waals surface area contributed by atoms with Gasteiger partial charge < -0.3 is 15.2 Å². The van der Waals surface area contributed by atoms with E-state index in [0.29, 0.717) is 24.2 Å². The molecular formula is C29H27F3N6O. The van der Waals surface area contributed by atoms with Crippen molar-refractivity contribution in [3.05, 3.63) is 89.0 Å². The van der Waals surface area contributed by atoms with Crippen LogP contribution in [0.4, 0.5) is 19.0 Å². The number of likely N-dealkylation sites (N-methyl/N-ethyl adjacent to an activating group) is 1. The summed E-state index contributed by atoms with van der Waals surface area (Å²) < 4.78 is 41.9. The molecule has 1 amide bonds. The highest BCUT2D eigenvalue weighted by molar-refractivity contribution is 6.04. The van der Waals surface area contributed by atoms with Crippen LogP contribution in [0.1, 0.15) is 39.5 Å². The Kier molecular flexibility index (Phi) is 7.63. The molecule has 0 spiro atoms. The Bertz CT molecular complexity index is 1540. The van der Waals surface area contributed by atoms with Gasteiger partial charge in [-0.1, -0.05) is 24.8 Å². The van der Waals surface area contributed by atoms with Crippen LogP contribution in [0.2, 0.25) is 0 Å². The molecule has 7 nitrogen and oxygen atoms in total. The highest BCUT2D eigenvalue weighted by Gasteiger charge is 2.34. The molecule has 1 saturated heterocycles. The summed E-state index contributed by atoms with van der Waals surface area (Å²) in [6, 6.07) is 8.90. The van der Waals surface area contributed by atoms with E-state index >= 15 is 0 Å². The third kappa shape index (κ3) is 6.28. The van der Waals surface area contributed by atoms with Gasteiger partial charge in [-0.05, 0) is 42.4 Å². The first-order chi connectivity index (χ1) is 18.8. The number of rotatable bonds is 5. The molecule has 4 aromatic rings. The van der Waals surface area contributed by atoms with Crippen molar-refractivity contribution in [2.45, 2.75) is 19.6 Å². The minimum atomic E-state index is -4.58. The summed E-state index contributed by atoms with van der Waals surface area (Å²) in [4.78, 5) is 28.6. The lowest BCUT2D eigenvalue weighted by Crippen LogP contribution is -2.45. The van der Waals surface area contributed by atoms with E-state index in [1.165, 1.54) is 18.3 Å². The first kappa shape index (κ1) is 26.4. The lowest BCUT2D eigenvalue weighted by atomic mass is 10.0. The number of hydrogen-bond donors (Lipinski definition) is 2. The van der Waals surface area contributed by atoms with Crippen LogP contribution in [0.15, 0.2) is 61.2 Å². The van der Waals surface area contributed by atoms with Crippen LogP contribution in [-0.4, -0.2) is 63.4 Å². The molecule has 0 radical (unpaired) electrons. The second-order valence-electron chi connectivity index (χ2n) is 9.34. The lowest BCUT2D eigenvalue weighted by Gasteiger charge is -2.34. The Hall–Kier alpha value is -4.20. The predicted octanol–water partition coefficient (Wildman–Crippen LogP) is 4.77. The molecule has 0 saturated carbocycles. The highest BCUT2D eigenvalue weighted by atomic mass is 19.4. The van der Waals surface area contributed by atoms with Gasteiger partial charge in [0.05, 0.1) is 16.6 Å². The van der Waals surface area contributed by atoms with Crippen LogP contribution in [0.25, 0.3) is 10.9 Å². The third-order valence-electron chi connectivity index (χ3n) is 6.79. The van der Waals surface area contributed by atoms with Gasteiger partial charge in [0.15, 0.2) is 0 Å². The largest absolute Gasteiger partial charge is 0.416 e. The van der Waals surface area contributed by atoms with Crippen molar-refractivity contribution in [1.29, 1.82) is 0 Å². The van der Waals surface area contributed by atoms with E-state index in [1.807, 2.05) is 17.2 Å². The van der Waals surface area contributed by atoms with Crippen molar-refractivity contribution in [2.75, 3.05) is 38.0 Å². The molecule has 10 heteroatoms. The van der Waals surface area contributed by atoms with Crippen molar-refractivity contribution in [1.82, 2.24) is 24.8 Å². The van der Waals surface area contributed by atoms with Gasteiger partial charge in [-0.3, -0.25) is 14.7 Å². The summed E-state index contributed by atoms with van der Waals surface area (Å²) in [5.74, 6) is 5.59. The number of carbonyl (C=O) groups is 1. The van der Waals surface area contributed by atoms with Gasteiger partial charge in [-0.2, -0.15) is 13.2 Å². The normalized spacial score (nSPS) is 14.7. The number of alkyl halides is 3. The molecule has 0 unspecified atom stereocenters. The number of pyridine rings is 2. The monoisotopic (exact) mass is 532 g/mol. The van der Waals surface area contributed by atoms with Gasteiger partial charge in [-0.15, -0.1) is 0 Å². The summed E-state index contributed by atoms with van der Waals surface area (Å²) in [5, 5.41) is 3.53. The van der Waals surface area contributed by atoms with Crippen LogP contribution in [0.5, 0.6) is 0 Å². The quantitative estimate of drug-likeness (QED) is 0.363. The Morgan fingerprint density at radius 2 is 1.85 bits per heavy atom. The van der Waals surface area contributed by atoms with Gasteiger partial charge in [0.25, 0.3) is 5.91 Å². The number of nitrogens with one attached hydrogen (secondary N) is 2. The van der Waals surface area contributed by atoms with Gasteiger partial charge in [0, 0.05) is 74.0 Å². The molecule has 0 atom stereocenters. The molecule has 1 aliphatic rings. The molecule has 3 aromatic heterocycles. The fourth-order valence-electron chi connectivity index (χ4n) is 4.60. The number of H-pyrrole nitrogens is 1. The Morgan fingerprint density at radius 3 is 2.62 bits per heavy atom. The number of amides is 1. The van der Waals surface area contributed by atoms with E-state index in [2.05, 4.69) is 43.9 Å². The topological polar surface area (TPSA) is 77.1 Å². The average molecular weight is 533 g/mol. The second-order valence-corrected chi connectivity index (χ2v) is 9.34. The van der Waals surface area contributed by atoms with E-state index < -0.39 is 17.6 Å². The molecule has 1 aliphatic heterocycles. The number of nitrogens with zero attached hydrogens (tertiary/aromatic N) is 4. The van der Waals surface area contributed by atoms with E-state index in [4.69, 9.17) is 0 Å². The van der Waals surface area contributed by atoms with Crippen molar-refractivity contribution < 1.29 is 18.0 Å². The second kappa shape index (κ2) is 11.3. The summed E-state index contributed by atoms with van der Waals surface area (Å²) in [7, 11) is 0. The van der Waals surface area contributed by atoms with Crippen molar-refractivity contribution in [3.8, 4) is 11.8 Å². The van der Waals surface area contributed by atoms with Gasteiger partial charge >= 0.3 is 6.18 Å². The zero-order valence-electron chi connectivity index (χ0n) is 21.3. The molecule has 0 bridgehead atoms. The summed E-state index contributed by atoms with van der Waals surface area (Å²) in [6.07, 6.45) is 2.10. The Morgan fingerprint density at radius 1 is 1.05 bits per heavy atom. The zero-order chi connectivity index (χ0) is 27.4. The number of aromatic nitrogens is 3. The summed E-state index contributed by atoms with van der Waals surface area (Å²) in [5.41, 5.74) is 1.43. The molecule has 4 heterocycles. The molecule has 0 aliphatic carbocycles. The van der Waals surface area contributed by atoms with Crippen LogP contribution in [0.3, 0.4) is 0 Å². The molecule has 1 fully saturated rings. The Labute approximate surface area is 224 Å². The maximum absolute atomic E-state index is 14.0. The number of fused-ring (bicyclic) bond motifs is 1. The smallest absolute Gasteiger partial charge is 0.360 e. The number of carbonyl (C=O) groups excluding carboxylic acids is 1.